The standard InChI is InChI=1S/C11H22OS/c1-11(2,12)7-8-13-9-10-5-3-4-6-10/h10,12H,3-9H2,1-2H3. The Labute approximate surface area is 86.3 Å². The lowest BCUT2D eigenvalue weighted by atomic mass is 10.1. The number of hydrogen-bond acceptors (Lipinski definition) is 2. The lowest BCUT2D eigenvalue weighted by Gasteiger charge is -2.16. The highest BCUT2D eigenvalue weighted by Crippen LogP contribution is 2.28. The molecule has 1 nitrogen and oxygen atoms in total. The van der Waals surface area contributed by atoms with Gasteiger partial charge in [-0.1, -0.05) is 12.8 Å². The first kappa shape index (κ1) is 11.4. The monoisotopic (exact) mass is 202 g/mol. The van der Waals surface area contributed by atoms with Crippen molar-refractivity contribution in [1.29, 1.82) is 0 Å². The SMILES string of the molecule is CC(C)(O)CCSCC1CCCC1. The maximum absolute atomic E-state index is 9.50. The Morgan fingerprint density at radius 2 is 1.92 bits per heavy atom. The summed E-state index contributed by atoms with van der Waals surface area (Å²) in [7, 11) is 0. The largest absolute Gasteiger partial charge is 0.390 e. The highest BCUT2D eigenvalue weighted by molar-refractivity contribution is 7.99. The Morgan fingerprint density at radius 3 is 2.46 bits per heavy atom. The summed E-state index contributed by atoms with van der Waals surface area (Å²) in [4.78, 5) is 0. The minimum Gasteiger partial charge on any atom is -0.390 e. The van der Waals surface area contributed by atoms with Crippen LogP contribution in [0.15, 0.2) is 0 Å². The Balaban J connectivity index is 1.94. The van der Waals surface area contributed by atoms with Crippen molar-refractivity contribution < 1.29 is 5.11 Å². The van der Waals surface area contributed by atoms with Crippen LogP contribution < -0.4 is 0 Å². The number of rotatable bonds is 5. The molecule has 0 atom stereocenters. The molecule has 1 saturated carbocycles. The van der Waals surface area contributed by atoms with E-state index >= 15 is 0 Å². The van der Waals surface area contributed by atoms with Gasteiger partial charge in [0.1, 0.15) is 0 Å². The van der Waals surface area contributed by atoms with Gasteiger partial charge in [0.05, 0.1) is 5.60 Å². The third-order valence-electron chi connectivity index (χ3n) is 2.69. The minimum atomic E-state index is -0.470. The highest BCUT2D eigenvalue weighted by Gasteiger charge is 2.16. The van der Waals surface area contributed by atoms with Gasteiger partial charge in [0.25, 0.3) is 0 Å². The van der Waals surface area contributed by atoms with E-state index in [1.807, 2.05) is 25.6 Å². The van der Waals surface area contributed by atoms with E-state index in [0.29, 0.717) is 0 Å². The average Bonchev–Trinajstić information content (AvgIpc) is 2.48. The van der Waals surface area contributed by atoms with Gasteiger partial charge in [-0.3, -0.25) is 0 Å². The lowest BCUT2D eigenvalue weighted by molar-refractivity contribution is 0.0777. The van der Waals surface area contributed by atoms with Crippen molar-refractivity contribution in [2.45, 2.75) is 51.6 Å². The zero-order valence-corrected chi connectivity index (χ0v) is 9.70. The molecule has 1 fully saturated rings. The van der Waals surface area contributed by atoms with E-state index in [4.69, 9.17) is 0 Å². The van der Waals surface area contributed by atoms with Gasteiger partial charge in [-0.2, -0.15) is 11.8 Å². The van der Waals surface area contributed by atoms with Crippen molar-refractivity contribution in [3.05, 3.63) is 0 Å². The molecule has 1 aliphatic rings. The van der Waals surface area contributed by atoms with Crippen molar-refractivity contribution in [2.24, 2.45) is 5.92 Å². The van der Waals surface area contributed by atoms with Crippen LogP contribution in [0.2, 0.25) is 0 Å². The summed E-state index contributed by atoms with van der Waals surface area (Å²) >= 11 is 2.02. The third-order valence-corrected chi connectivity index (χ3v) is 3.89. The molecule has 0 saturated heterocycles. The van der Waals surface area contributed by atoms with E-state index in [1.165, 1.54) is 31.4 Å². The van der Waals surface area contributed by atoms with E-state index in [1.54, 1.807) is 0 Å². The maximum Gasteiger partial charge on any atom is 0.0599 e. The van der Waals surface area contributed by atoms with Gasteiger partial charge in [-0.15, -0.1) is 0 Å². The first-order valence-corrected chi connectivity index (χ1v) is 6.53. The first-order chi connectivity index (χ1) is 6.08. The summed E-state index contributed by atoms with van der Waals surface area (Å²) in [5.41, 5.74) is -0.470. The maximum atomic E-state index is 9.50. The third kappa shape index (κ3) is 5.58. The molecule has 0 unspecified atom stereocenters. The quantitative estimate of drug-likeness (QED) is 0.691. The molecule has 1 N–H and O–H groups in total. The van der Waals surface area contributed by atoms with Crippen LogP contribution in [0.4, 0.5) is 0 Å². The van der Waals surface area contributed by atoms with Gasteiger partial charge in [0.15, 0.2) is 0 Å². The van der Waals surface area contributed by atoms with E-state index in [9.17, 15) is 5.11 Å². The topological polar surface area (TPSA) is 20.2 Å². The Kier molecular flexibility index (Phi) is 4.60. The summed E-state index contributed by atoms with van der Waals surface area (Å²) in [6, 6.07) is 0. The molecular weight excluding hydrogens is 180 g/mol. The van der Waals surface area contributed by atoms with Crippen LogP contribution in [0.1, 0.15) is 46.0 Å². The summed E-state index contributed by atoms with van der Waals surface area (Å²) in [6.07, 6.45) is 6.68. The normalized spacial score (nSPS) is 19.6. The zero-order chi connectivity index (χ0) is 9.73. The minimum absolute atomic E-state index is 0.470. The Morgan fingerprint density at radius 1 is 1.31 bits per heavy atom. The lowest BCUT2D eigenvalue weighted by Crippen LogP contribution is -2.19. The molecule has 2 heteroatoms. The van der Waals surface area contributed by atoms with E-state index < -0.39 is 5.60 Å². The average molecular weight is 202 g/mol. The van der Waals surface area contributed by atoms with Crippen LogP contribution in [-0.2, 0) is 0 Å². The van der Waals surface area contributed by atoms with Gasteiger partial charge in [0, 0.05) is 0 Å². The van der Waals surface area contributed by atoms with Crippen molar-refractivity contribution in [1.82, 2.24) is 0 Å². The van der Waals surface area contributed by atoms with Gasteiger partial charge in [-0.25, -0.2) is 0 Å². The summed E-state index contributed by atoms with van der Waals surface area (Å²) in [6.45, 7) is 3.78. The molecule has 1 rings (SSSR count). The van der Waals surface area contributed by atoms with E-state index in [2.05, 4.69) is 0 Å². The van der Waals surface area contributed by atoms with E-state index in [-0.39, 0.29) is 0 Å². The van der Waals surface area contributed by atoms with Gasteiger partial charge in [-0.05, 0) is 50.5 Å². The second kappa shape index (κ2) is 5.26. The van der Waals surface area contributed by atoms with Crippen LogP contribution in [-0.4, -0.2) is 22.2 Å². The number of thioether (sulfide) groups is 1. The predicted octanol–water partition coefficient (Wildman–Crippen LogP) is 3.07. The number of hydrogen-bond donors (Lipinski definition) is 1. The predicted molar refractivity (Wildman–Crippen MR) is 60.2 cm³/mol. The van der Waals surface area contributed by atoms with Crippen LogP contribution in [0.5, 0.6) is 0 Å². The smallest absolute Gasteiger partial charge is 0.0599 e. The molecular formula is C11H22OS. The zero-order valence-electron chi connectivity index (χ0n) is 8.88. The Hall–Kier alpha value is 0.310. The molecule has 0 aliphatic heterocycles. The molecule has 78 valence electrons. The summed E-state index contributed by atoms with van der Waals surface area (Å²) in [5, 5.41) is 9.50. The molecule has 13 heavy (non-hydrogen) atoms. The molecule has 0 radical (unpaired) electrons. The van der Waals surface area contributed by atoms with E-state index in [0.717, 1.165) is 18.1 Å². The molecule has 0 heterocycles. The van der Waals surface area contributed by atoms with Gasteiger partial charge in [0.2, 0.25) is 0 Å². The molecule has 0 spiro atoms. The first-order valence-electron chi connectivity index (χ1n) is 5.38. The van der Waals surface area contributed by atoms with Crippen molar-refractivity contribution in [2.75, 3.05) is 11.5 Å². The molecule has 0 amide bonds. The van der Waals surface area contributed by atoms with Crippen LogP contribution in [0, 0.1) is 5.92 Å². The molecule has 0 aromatic rings. The molecule has 0 aromatic carbocycles. The number of aliphatic hydroxyl groups is 1. The molecule has 0 aromatic heterocycles. The molecule has 1 aliphatic carbocycles. The van der Waals surface area contributed by atoms with Crippen molar-refractivity contribution in [3.63, 3.8) is 0 Å². The van der Waals surface area contributed by atoms with Crippen LogP contribution in [0.25, 0.3) is 0 Å². The Bertz CT molecular complexity index is 134. The summed E-state index contributed by atoms with van der Waals surface area (Å²) < 4.78 is 0. The highest BCUT2D eigenvalue weighted by atomic mass is 32.2. The molecule has 0 bridgehead atoms. The van der Waals surface area contributed by atoms with Gasteiger partial charge < -0.3 is 5.11 Å². The van der Waals surface area contributed by atoms with Crippen molar-refractivity contribution in [3.8, 4) is 0 Å². The fourth-order valence-electron chi connectivity index (χ4n) is 1.75. The van der Waals surface area contributed by atoms with Crippen LogP contribution >= 0.6 is 11.8 Å². The summed E-state index contributed by atoms with van der Waals surface area (Å²) in [5.74, 6) is 3.41. The van der Waals surface area contributed by atoms with Crippen molar-refractivity contribution >= 4 is 11.8 Å². The second-order valence-electron chi connectivity index (χ2n) is 4.79. The fourth-order valence-corrected chi connectivity index (χ4v) is 3.23. The van der Waals surface area contributed by atoms with Crippen LogP contribution in [0.3, 0.4) is 0 Å². The second-order valence-corrected chi connectivity index (χ2v) is 5.94. The van der Waals surface area contributed by atoms with Gasteiger partial charge >= 0.3 is 0 Å². The fraction of sp³-hybridized carbons (Fsp3) is 1.00.